The first-order valence-corrected chi connectivity index (χ1v) is 10.9. The number of phenolic OH excluding ortho intramolecular Hbond substituents is 1. The Hall–Kier alpha value is -2.34. The molecule has 2 aromatic carbocycles. The van der Waals surface area contributed by atoms with E-state index in [0.717, 1.165) is 22.2 Å². The SMILES string of the molecule is Br.CC(C)n1c(=N)n(CC(=O)c2cc(C(C)(C)C)c(O)c(C(C)(C)C)c2)c2ccccc21. The molecule has 5 nitrogen and oxygen atoms in total. The van der Waals surface area contributed by atoms with Gasteiger partial charge in [0, 0.05) is 22.7 Å². The number of fused-ring (bicyclic) bond motifs is 1. The molecule has 0 unspecified atom stereocenters. The summed E-state index contributed by atoms with van der Waals surface area (Å²) in [7, 11) is 0. The number of aromatic nitrogens is 2. The van der Waals surface area contributed by atoms with Crippen molar-refractivity contribution in [2.75, 3.05) is 0 Å². The average Bonchev–Trinajstić information content (AvgIpc) is 2.91. The zero-order valence-corrected chi connectivity index (χ0v) is 22.1. The largest absolute Gasteiger partial charge is 0.507 e. The number of hydrogen-bond acceptors (Lipinski definition) is 3. The fourth-order valence-electron chi connectivity index (χ4n) is 4.11. The minimum atomic E-state index is -0.304. The summed E-state index contributed by atoms with van der Waals surface area (Å²) in [6.07, 6.45) is 0. The third kappa shape index (κ3) is 4.70. The third-order valence-electron chi connectivity index (χ3n) is 5.78. The van der Waals surface area contributed by atoms with Crippen molar-refractivity contribution in [3.8, 4) is 5.75 Å². The Kier molecular flexibility index (Phi) is 7.20. The molecule has 0 saturated heterocycles. The molecular formula is C26H36BrN3O2. The van der Waals surface area contributed by atoms with Crippen LogP contribution in [0.3, 0.4) is 0 Å². The van der Waals surface area contributed by atoms with Crippen LogP contribution in [0.15, 0.2) is 36.4 Å². The number of imidazole rings is 1. The monoisotopic (exact) mass is 501 g/mol. The number of phenols is 1. The number of nitrogens with zero attached hydrogens (tertiary/aromatic N) is 2. The van der Waals surface area contributed by atoms with Crippen LogP contribution >= 0.6 is 17.0 Å². The van der Waals surface area contributed by atoms with Gasteiger partial charge < -0.3 is 14.2 Å². The van der Waals surface area contributed by atoms with Gasteiger partial charge in [0.2, 0.25) is 5.62 Å². The van der Waals surface area contributed by atoms with E-state index in [9.17, 15) is 9.90 Å². The minimum Gasteiger partial charge on any atom is -0.507 e. The van der Waals surface area contributed by atoms with E-state index in [1.54, 1.807) is 4.57 Å². The van der Waals surface area contributed by atoms with E-state index < -0.39 is 0 Å². The smallest absolute Gasteiger partial charge is 0.203 e. The molecule has 32 heavy (non-hydrogen) atoms. The number of Topliss-reactive ketones (excluding diaryl/α,β-unsaturated/α-hetero) is 1. The van der Waals surface area contributed by atoms with Crippen molar-refractivity contribution in [1.29, 1.82) is 5.41 Å². The number of rotatable bonds is 4. The minimum absolute atomic E-state index is 0. The number of ketones is 1. The van der Waals surface area contributed by atoms with Crippen LogP contribution in [0.4, 0.5) is 0 Å². The van der Waals surface area contributed by atoms with Crippen LogP contribution in [0.2, 0.25) is 0 Å². The first-order valence-electron chi connectivity index (χ1n) is 10.9. The van der Waals surface area contributed by atoms with E-state index >= 15 is 0 Å². The van der Waals surface area contributed by atoms with Gasteiger partial charge >= 0.3 is 0 Å². The first kappa shape index (κ1) is 25.9. The molecule has 0 saturated carbocycles. The van der Waals surface area contributed by atoms with Gasteiger partial charge in [-0.2, -0.15) is 0 Å². The van der Waals surface area contributed by atoms with Gasteiger partial charge in [0.1, 0.15) is 5.75 Å². The second-order valence-corrected chi connectivity index (χ2v) is 10.7. The highest BCUT2D eigenvalue weighted by Gasteiger charge is 2.28. The Morgan fingerprint density at radius 2 is 1.44 bits per heavy atom. The second-order valence-electron chi connectivity index (χ2n) is 10.7. The summed E-state index contributed by atoms with van der Waals surface area (Å²) in [5.74, 6) is 0.197. The lowest BCUT2D eigenvalue weighted by atomic mass is 9.78. The van der Waals surface area contributed by atoms with Crippen LogP contribution in [0.5, 0.6) is 5.75 Å². The molecule has 0 amide bonds. The Morgan fingerprint density at radius 1 is 0.969 bits per heavy atom. The molecule has 0 bridgehead atoms. The molecule has 3 rings (SSSR count). The van der Waals surface area contributed by atoms with Crippen LogP contribution < -0.4 is 5.62 Å². The van der Waals surface area contributed by atoms with E-state index in [1.165, 1.54) is 0 Å². The van der Waals surface area contributed by atoms with Crippen molar-refractivity contribution in [2.45, 2.75) is 78.8 Å². The van der Waals surface area contributed by atoms with Crippen LogP contribution in [-0.4, -0.2) is 20.0 Å². The van der Waals surface area contributed by atoms with Gasteiger partial charge in [-0.25, -0.2) is 0 Å². The van der Waals surface area contributed by atoms with Crippen LogP contribution in [0, 0.1) is 5.41 Å². The normalized spacial score (nSPS) is 12.3. The van der Waals surface area contributed by atoms with Gasteiger partial charge in [-0.1, -0.05) is 53.7 Å². The fourth-order valence-corrected chi connectivity index (χ4v) is 4.11. The van der Waals surface area contributed by atoms with Crippen molar-refractivity contribution in [2.24, 2.45) is 0 Å². The standard InChI is InChI=1S/C26H35N3O2.BrH/c1-16(2)29-21-12-10-9-11-20(21)28(24(29)27)15-22(30)17-13-18(25(3,4)5)23(31)19(14-17)26(6,7)8;/h9-14,16,27,31H,15H2,1-8H3;1H. The Bertz CT molecular complexity index is 1170. The summed E-state index contributed by atoms with van der Waals surface area (Å²) >= 11 is 0. The molecule has 0 aliphatic carbocycles. The number of para-hydroxylation sites is 2. The van der Waals surface area contributed by atoms with Crippen molar-refractivity contribution in [3.63, 3.8) is 0 Å². The van der Waals surface area contributed by atoms with Crippen molar-refractivity contribution < 1.29 is 9.90 Å². The predicted molar refractivity (Wildman–Crippen MR) is 136 cm³/mol. The van der Waals surface area contributed by atoms with Gasteiger partial charge in [0.15, 0.2) is 5.78 Å². The summed E-state index contributed by atoms with van der Waals surface area (Å²) in [4.78, 5) is 13.5. The van der Waals surface area contributed by atoms with Crippen LogP contribution in [0.25, 0.3) is 11.0 Å². The van der Waals surface area contributed by atoms with Crippen molar-refractivity contribution in [3.05, 3.63) is 58.7 Å². The molecule has 0 atom stereocenters. The Balaban J connectivity index is 0.00000363. The molecule has 1 aromatic heterocycles. The highest BCUT2D eigenvalue weighted by Crippen LogP contribution is 2.40. The lowest BCUT2D eigenvalue weighted by Gasteiger charge is -2.28. The number of nitrogens with one attached hydrogen (secondary N) is 1. The molecule has 0 aliphatic heterocycles. The zero-order chi connectivity index (χ0) is 23.3. The molecular weight excluding hydrogens is 466 g/mol. The fraction of sp³-hybridized carbons (Fsp3) is 0.462. The third-order valence-corrected chi connectivity index (χ3v) is 5.78. The van der Waals surface area contributed by atoms with E-state index in [0.29, 0.717) is 11.2 Å². The summed E-state index contributed by atoms with van der Waals surface area (Å²) in [6.45, 7) is 16.4. The molecule has 6 heteroatoms. The lowest BCUT2D eigenvalue weighted by molar-refractivity contribution is 0.0971. The number of carbonyl (C=O) groups excluding carboxylic acids is 1. The van der Waals surface area contributed by atoms with Gasteiger partial charge in [-0.3, -0.25) is 10.2 Å². The van der Waals surface area contributed by atoms with Crippen LogP contribution in [-0.2, 0) is 17.4 Å². The maximum absolute atomic E-state index is 13.5. The summed E-state index contributed by atoms with van der Waals surface area (Å²) < 4.78 is 3.72. The highest BCUT2D eigenvalue weighted by molar-refractivity contribution is 8.93. The predicted octanol–water partition coefficient (Wildman–Crippen LogP) is 6.26. The average molecular weight is 502 g/mol. The van der Waals surface area contributed by atoms with E-state index in [4.69, 9.17) is 5.41 Å². The summed E-state index contributed by atoms with van der Waals surface area (Å²) in [5, 5.41) is 19.7. The number of halogens is 1. The quantitative estimate of drug-likeness (QED) is 0.413. The molecule has 3 aromatic rings. The molecule has 0 fully saturated rings. The first-order chi connectivity index (χ1) is 14.2. The molecule has 0 radical (unpaired) electrons. The molecule has 1 heterocycles. The number of aromatic hydroxyl groups is 1. The Morgan fingerprint density at radius 3 is 1.88 bits per heavy atom. The van der Waals surface area contributed by atoms with Gasteiger partial charge in [0.25, 0.3) is 0 Å². The number of hydrogen-bond donors (Lipinski definition) is 2. The van der Waals surface area contributed by atoms with E-state index in [-0.39, 0.29) is 51.9 Å². The maximum Gasteiger partial charge on any atom is 0.203 e. The number of benzene rings is 2. The molecule has 0 spiro atoms. The van der Waals surface area contributed by atoms with E-state index in [2.05, 4.69) is 0 Å². The summed E-state index contributed by atoms with van der Waals surface area (Å²) in [5.41, 5.74) is 3.64. The maximum atomic E-state index is 13.5. The van der Waals surface area contributed by atoms with E-state index in [1.807, 2.05) is 96.4 Å². The van der Waals surface area contributed by atoms with Gasteiger partial charge in [-0.15, -0.1) is 17.0 Å². The Labute approximate surface area is 201 Å². The second kappa shape index (κ2) is 8.89. The summed E-state index contributed by atoms with van der Waals surface area (Å²) in [6, 6.07) is 11.6. The molecule has 0 aliphatic rings. The topological polar surface area (TPSA) is 71.0 Å². The van der Waals surface area contributed by atoms with Gasteiger partial charge in [-0.05, 0) is 48.9 Å². The van der Waals surface area contributed by atoms with Gasteiger partial charge in [0.05, 0.1) is 17.6 Å². The van der Waals surface area contributed by atoms with Crippen LogP contribution in [0.1, 0.15) is 82.9 Å². The zero-order valence-electron chi connectivity index (χ0n) is 20.4. The molecule has 2 N–H and O–H groups in total. The number of carbonyl (C=O) groups is 1. The van der Waals surface area contributed by atoms with Crippen molar-refractivity contribution in [1.82, 2.24) is 9.13 Å². The highest BCUT2D eigenvalue weighted by atomic mass is 79.9. The van der Waals surface area contributed by atoms with Crippen molar-refractivity contribution >= 4 is 33.8 Å². The lowest BCUT2D eigenvalue weighted by Crippen LogP contribution is -2.28. The molecule has 174 valence electrons.